The first-order chi connectivity index (χ1) is 9.63. The average molecular weight is 279 g/mol. The highest BCUT2D eigenvalue weighted by molar-refractivity contribution is 5.68. The van der Waals surface area contributed by atoms with Gasteiger partial charge < -0.3 is 10.6 Å². The van der Waals surface area contributed by atoms with E-state index in [0.29, 0.717) is 11.7 Å². The minimum absolute atomic E-state index is 0.0608. The lowest BCUT2D eigenvalue weighted by atomic mass is 9.96. The first-order valence-corrected chi connectivity index (χ1v) is 7.13. The van der Waals surface area contributed by atoms with Gasteiger partial charge in [0, 0.05) is 13.1 Å². The third-order valence-electron chi connectivity index (χ3n) is 3.86. The second-order valence-electron chi connectivity index (χ2n) is 5.26. The molecule has 0 aliphatic carbocycles. The van der Waals surface area contributed by atoms with E-state index >= 15 is 0 Å². The van der Waals surface area contributed by atoms with E-state index in [-0.39, 0.29) is 11.5 Å². The van der Waals surface area contributed by atoms with Crippen LogP contribution in [0.5, 0.6) is 0 Å². The van der Waals surface area contributed by atoms with Crippen LogP contribution >= 0.6 is 0 Å². The normalized spacial score (nSPS) is 19.6. The van der Waals surface area contributed by atoms with Crippen molar-refractivity contribution in [1.82, 2.24) is 9.97 Å². The zero-order valence-corrected chi connectivity index (χ0v) is 11.8. The maximum atomic E-state index is 11.2. The highest BCUT2D eigenvalue weighted by Crippen LogP contribution is 2.32. The second-order valence-corrected chi connectivity index (χ2v) is 5.26. The van der Waals surface area contributed by atoms with Crippen molar-refractivity contribution in [2.75, 3.05) is 23.7 Å². The summed E-state index contributed by atoms with van der Waals surface area (Å²) >= 11 is 0. The maximum absolute atomic E-state index is 11.2. The lowest BCUT2D eigenvalue weighted by Gasteiger charge is -2.21. The predicted octanol–water partition coefficient (Wildman–Crippen LogP) is 2.37. The lowest BCUT2D eigenvalue weighted by Crippen LogP contribution is -2.26. The molecule has 0 aromatic carbocycles. The van der Waals surface area contributed by atoms with Crippen LogP contribution in [0.15, 0.2) is 6.33 Å². The van der Waals surface area contributed by atoms with Crippen molar-refractivity contribution in [3.05, 3.63) is 16.4 Å². The smallest absolute Gasteiger partial charge is 0.353 e. The largest absolute Gasteiger partial charge is 0.378 e. The number of anilines is 2. The van der Waals surface area contributed by atoms with Gasteiger partial charge in [-0.1, -0.05) is 19.8 Å². The van der Waals surface area contributed by atoms with Crippen LogP contribution in [0.3, 0.4) is 0 Å². The summed E-state index contributed by atoms with van der Waals surface area (Å²) in [6.45, 7) is 3.78. The van der Waals surface area contributed by atoms with Crippen LogP contribution in [-0.4, -0.2) is 28.0 Å². The number of nitro groups is 1. The zero-order chi connectivity index (χ0) is 14.5. The van der Waals surface area contributed by atoms with E-state index in [1.807, 2.05) is 4.90 Å². The Labute approximate surface area is 118 Å². The molecule has 1 atom stereocenters. The standard InChI is InChI=1S/C13H21N5O2/c1-2-4-10-5-3-7-17(8-6-10)13-11(18(19)20)12(14)15-9-16-13/h9-10H,2-8H2,1H3,(H2,14,15,16). The quantitative estimate of drug-likeness (QED) is 0.671. The molecule has 2 N–H and O–H groups in total. The summed E-state index contributed by atoms with van der Waals surface area (Å²) in [7, 11) is 0. The molecule has 1 aliphatic heterocycles. The predicted molar refractivity (Wildman–Crippen MR) is 77.6 cm³/mol. The van der Waals surface area contributed by atoms with E-state index < -0.39 is 4.92 Å². The molecular weight excluding hydrogens is 258 g/mol. The number of nitrogens with zero attached hydrogens (tertiary/aromatic N) is 4. The van der Waals surface area contributed by atoms with Crippen LogP contribution in [0.1, 0.15) is 39.0 Å². The van der Waals surface area contributed by atoms with Crippen LogP contribution in [0.25, 0.3) is 0 Å². The molecule has 0 bridgehead atoms. The van der Waals surface area contributed by atoms with Crippen LogP contribution in [0.2, 0.25) is 0 Å². The van der Waals surface area contributed by atoms with Gasteiger partial charge in [-0.3, -0.25) is 10.1 Å². The Morgan fingerprint density at radius 2 is 2.25 bits per heavy atom. The fourth-order valence-corrected chi connectivity index (χ4v) is 2.86. The topological polar surface area (TPSA) is 98.2 Å². The molecule has 20 heavy (non-hydrogen) atoms. The summed E-state index contributed by atoms with van der Waals surface area (Å²) in [4.78, 5) is 20.5. The Morgan fingerprint density at radius 1 is 1.45 bits per heavy atom. The van der Waals surface area contributed by atoms with Gasteiger partial charge in [0.1, 0.15) is 6.33 Å². The van der Waals surface area contributed by atoms with E-state index in [0.717, 1.165) is 25.9 Å². The Morgan fingerprint density at radius 3 is 2.95 bits per heavy atom. The number of aromatic nitrogens is 2. The molecule has 0 saturated carbocycles. The summed E-state index contributed by atoms with van der Waals surface area (Å²) in [6.07, 6.45) is 6.97. The van der Waals surface area contributed by atoms with Crippen molar-refractivity contribution in [3.8, 4) is 0 Å². The molecule has 0 amide bonds. The number of hydrogen-bond donors (Lipinski definition) is 1. The molecule has 7 nitrogen and oxygen atoms in total. The molecule has 1 fully saturated rings. The summed E-state index contributed by atoms with van der Waals surface area (Å²) < 4.78 is 0. The van der Waals surface area contributed by atoms with Crippen molar-refractivity contribution in [1.29, 1.82) is 0 Å². The van der Waals surface area contributed by atoms with E-state index in [1.165, 1.54) is 25.6 Å². The monoisotopic (exact) mass is 279 g/mol. The number of nitrogens with two attached hydrogens (primary N) is 1. The third kappa shape index (κ3) is 3.15. The van der Waals surface area contributed by atoms with Gasteiger partial charge in [0.15, 0.2) is 0 Å². The van der Waals surface area contributed by atoms with E-state index in [2.05, 4.69) is 16.9 Å². The number of hydrogen-bond acceptors (Lipinski definition) is 6. The zero-order valence-electron chi connectivity index (χ0n) is 11.8. The van der Waals surface area contributed by atoms with Crippen molar-refractivity contribution in [2.45, 2.75) is 39.0 Å². The number of rotatable bonds is 4. The molecule has 2 rings (SSSR count). The Kier molecular flexibility index (Phi) is 4.70. The van der Waals surface area contributed by atoms with Gasteiger partial charge in [0.25, 0.3) is 0 Å². The van der Waals surface area contributed by atoms with Gasteiger partial charge >= 0.3 is 5.69 Å². The van der Waals surface area contributed by atoms with Crippen LogP contribution in [0.4, 0.5) is 17.3 Å². The molecule has 2 heterocycles. The first kappa shape index (κ1) is 14.5. The lowest BCUT2D eigenvalue weighted by molar-refractivity contribution is -0.383. The van der Waals surface area contributed by atoms with Gasteiger partial charge in [0.2, 0.25) is 11.6 Å². The highest BCUT2D eigenvalue weighted by Gasteiger charge is 2.27. The van der Waals surface area contributed by atoms with Crippen molar-refractivity contribution in [3.63, 3.8) is 0 Å². The van der Waals surface area contributed by atoms with E-state index in [4.69, 9.17) is 5.73 Å². The van der Waals surface area contributed by atoms with Gasteiger partial charge in [-0.2, -0.15) is 0 Å². The summed E-state index contributed by atoms with van der Waals surface area (Å²) in [5.41, 5.74) is 5.46. The summed E-state index contributed by atoms with van der Waals surface area (Å²) in [6, 6.07) is 0. The third-order valence-corrected chi connectivity index (χ3v) is 3.86. The molecule has 1 aromatic rings. The van der Waals surface area contributed by atoms with Gasteiger partial charge in [0.05, 0.1) is 4.92 Å². The average Bonchev–Trinajstić information content (AvgIpc) is 2.64. The summed E-state index contributed by atoms with van der Waals surface area (Å²) in [5.74, 6) is 1.01. The second kappa shape index (κ2) is 6.49. The molecule has 110 valence electrons. The molecule has 1 saturated heterocycles. The minimum Gasteiger partial charge on any atom is -0.378 e. The van der Waals surface area contributed by atoms with Crippen LogP contribution in [-0.2, 0) is 0 Å². The summed E-state index contributed by atoms with van der Waals surface area (Å²) in [5, 5.41) is 11.2. The first-order valence-electron chi connectivity index (χ1n) is 7.13. The SMILES string of the molecule is CCCC1CCCN(c2ncnc(N)c2[N+](=O)[O-])CC1. The Balaban J connectivity index is 2.20. The fraction of sp³-hybridized carbons (Fsp3) is 0.692. The fourth-order valence-electron chi connectivity index (χ4n) is 2.86. The molecule has 7 heteroatoms. The highest BCUT2D eigenvalue weighted by atomic mass is 16.6. The molecular formula is C13H21N5O2. The molecule has 1 unspecified atom stereocenters. The molecule has 1 aliphatic rings. The van der Waals surface area contributed by atoms with Crippen molar-refractivity contribution >= 4 is 17.3 Å². The van der Waals surface area contributed by atoms with Gasteiger partial charge in [-0.25, -0.2) is 9.97 Å². The van der Waals surface area contributed by atoms with Crippen molar-refractivity contribution in [2.24, 2.45) is 5.92 Å². The minimum atomic E-state index is -0.487. The van der Waals surface area contributed by atoms with Crippen molar-refractivity contribution < 1.29 is 4.92 Å². The Hall–Kier alpha value is -1.92. The maximum Gasteiger partial charge on any atom is 0.353 e. The number of nitrogen functional groups attached to an aromatic ring is 1. The van der Waals surface area contributed by atoms with Gasteiger partial charge in [-0.15, -0.1) is 0 Å². The molecule has 0 radical (unpaired) electrons. The van der Waals surface area contributed by atoms with Crippen LogP contribution < -0.4 is 10.6 Å². The molecule has 1 aromatic heterocycles. The van der Waals surface area contributed by atoms with Gasteiger partial charge in [-0.05, 0) is 25.2 Å². The van der Waals surface area contributed by atoms with Crippen LogP contribution in [0, 0.1) is 16.0 Å². The van der Waals surface area contributed by atoms with E-state index in [9.17, 15) is 10.1 Å². The molecule has 0 spiro atoms. The Bertz CT molecular complexity index is 480. The van der Waals surface area contributed by atoms with E-state index in [1.54, 1.807) is 0 Å².